The second-order valence-electron chi connectivity index (χ2n) is 6.89. The lowest BCUT2D eigenvalue weighted by Gasteiger charge is -2.10. The van der Waals surface area contributed by atoms with E-state index in [2.05, 4.69) is 10.3 Å². The number of nitrogens with zero attached hydrogens (tertiary/aromatic N) is 1. The topological polar surface area (TPSA) is 85.4 Å². The molecule has 0 aliphatic heterocycles. The van der Waals surface area contributed by atoms with Crippen molar-refractivity contribution in [2.75, 3.05) is 17.7 Å². The van der Waals surface area contributed by atoms with Gasteiger partial charge in [-0.1, -0.05) is 35.3 Å². The van der Waals surface area contributed by atoms with E-state index in [0.717, 1.165) is 23.9 Å². The maximum Gasteiger partial charge on any atom is 0.417 e. The fourth-order valence-electron chi connectivity index (χ4n) is 2.68. The number of nitrogens with one attached hydrogen (secondary N) is 1. The highest BCUT2D eigenvalue weighted by atomic mass is 35.5. The van der Waals surface area contributed by atoms with Gasteiger partial charge in [-0.25, -0.2) is 9.78 Å². The first kappa shape index (κ1) is 26.5. The molecule has 1 aromatic heterocycles. The predicted molar refractivity (Wildman–Crippen MR) is 126 cm³/mol. The number of ether oxygens (including phenoxy) is 1. The lowest BCUT2D eigenvalue weighted by molar-refractivity contribution is -0.137. The standard InChI is InChI=1S/C23H15Cl2F3N2O4S/c24-16-7-5-13(9-17(16)25)18(31)11-34-22(33)15-3-1-2-4-19(15)35-12-21(32)30-20-8-6-14(10-29-20)23(26,27)28/h1-10H,11-12H2,(H,29,30,32). The second kappa shape index (κ2) is 11.6. The van der Waals surface area contributed by atoms with Gasteiger partial charge < -0.3 is 10.1 Å². The molecule has 0 aliphatic carbocycles. The smallest absolute Gasteiger partial charge is 0.417 e. The quantitative estimate of drug-likeness (QED) is 0.208. The van der Waals surface area contributed by atoms with E-state index in [0.29, 0.717) is 11.1 Å². The number of thioether (sulfide) groups is 1. The van der Waals surface area contributed by atoms with Crippen LogP contribution in [-0.2, 0) is 15.7 Å². The van der Waals surface area contributed by atoms with E-state index in [1.165, 1.54) is 24.3 Å². The van der Waals surface area contributed by atoms with Gasteiger partial charge in [-0.3, -0.25) is 9.59 Å². The molecule has 1 amide bonds. The summed E-state index contributed by atoms with van der Waals surface area (Å²) in [6, 6.07) is 12.4. The number of ketones is 1. The zero-order valence-corrected chi connectivity index (χ0v) is 19.9. The van der Waals surface area contributed by atoms with Crippen LogP contribution in [-0.4, -0.2) is 35.0 Å². The monoisotopic (exact) mass is 542 g/mol. The molecule has 0 unspecified atom stereocenters. The lowest BCUT2D eigenvalue weighted by Crippen LogP contribution is -2.17. The van der Waals surface area contributed by atoms with Crippen molar-refractivity contribution in [3.8, 4) is 0 Å². The number of rotatable bonds is 8. The van der Waals surface area contributed by atoms with Crippen molar-refractivity contribution in [3.05, 3.63) is 87.5 Å². The number of esters is 1. The Labute approximate surface area is 211 Å². The molecule has 35 heavy (non-hydrogen) atoms. The van der Waals surface area contributed by atoms with Crippen molar-refractivity contribution >= 4 is 58.4 Å². The van der Waals surface area contributed by atoms with Gasteiger partial charge in [-0.15, -0.1) is 11.8 Å². The molecule has 6 nitrogen and oxygen atoms in total. The van der Waals surface area contributed by atoms with Crippen molar-refractivity contribution in [2.45, 2.75) is 11.1 Å². The normalized spacial score (nSPS) is 11.1. The summed E-state index contributed by atoms with van der Waals surface area (Å²) in [5.74, 6) is -2.00. The van der Waals surface area contributed by atoms with E-state index in [4.69, 9.17) is 27.9 Å². The Morgan fingerprint density at radius 2 is 1.74 bits per heavy atom. The molecule has 0 aliphatic rings. The molecule has 0 saturated carbocycles. The minimum atomic E-state index is -4.53. The molecule has 0 spiro atoms. The fourth-order valence-corrected chi connectivity index (χ4v) is 3.82. The number of hydrogen-bond donors (Lipinski definition) is 1. The van der Waals surface area contributed by atoms with Crippen molar-refractivity contribution in [1.29, 1.82) is 0 Å². The largest absolute Gasteiger partial charge is 0.454 e. The molecule has 1 N–H and O–H groups in total. The van der Waals surface area contributed by atoms with Crippen LogP contribution in [0.5, 0.6) is 0 Å². The number of alkyl halides is 3. The Balaban J connectivity index is 1.57. The lowest BCUT2D eigenvalue weighted by atomic mass is 10.1. The SMILES string of the molecule is O=C(CSc1ccccc1C(=O)OCC(=O)c1ccc(Cl)c(Cl)c1)Nc1ccc(C(F)(F)F)cn1. The third-order valence-electron chi connectivity index (χ3n) is 4.40. The van der Waals surface area contributed by atoms with Gasteiger partial charge in [0.2, 0.25) is 5.91 Å². The number of Topliss-reactive ketones (excluding diaryl/α,β-unsaturated/α-hetero) is 1. The zero-order valence-electron chi connectivity index (χ0n) is 17.6. The summed E-state index contributed by atoms with van der Waals surface area (Å²) in [6.45, 7) is -0.532. The molecular formula is C23H15Cl2F3N2O4S. The maximum absolute atomic E-state index is 12.6. The van der Waals surface area contributed by atoms with Gasteiger partial charge >= 0.3 is 12.1 Å². The van der Waals surface area contributed by atoms with E-state index < -0.39 is 36.0 Å². The molecule has 2 aromatic carbocycles. The Kier molecular flexibility index (Phi) is 8.76. The van der Waals surface area contributed by atoms with Gasteiger partial charge in [-0.2, -0.15) is 13.2 Å². The number of carbonyl (C=O) groups excluding carboxylic acids is 3. The summed E-state index contributed by atoms with van der Waals surface area (Å²) in [6.07, 6.45) is -3.91. The van der Waals surface area contributed by atoms with Crippen molar-refractivity contribution in [2.24, 2.45) is 0 Å². The fraction of sp³-hybridized carbons (Fsp3) is 0.130. The van der Waals surface area contributed by atoms with E-state index in [1.54, 1.807) is 18.2 Å². The average Bonchev–Trinajstić information content (AvgIpc) is 2.82. The van der Waals surface area contributed by atoms with Gasteiger partial charge in [0, 0.05) is 16.7 Å². The van der Waals surface area contributed by atoms with Crippen LogP contribution in [0, 0.1) is 0 Å². The molecule has 0 atom stereocenters. The van der Waals surface area contributed by atoms with Crippen LogP contribution in [0.1, 0.15) is 26.3 Å². The van der Waals surface area contributed by atoms with Crippen LogP contribution in [0.2, 0.25) is 10.0 Å². The highest BCUT2D eigenvalue weighted by Crippen LogP contribution is 2.29. The summed E-state index contributed by atoms with van der Waals surface area (Å²) >= 11 is 12.7. The van der Waals surface area contributed by atoms with Gasteiger partial charge in [0.05, 0.1) is 26.9 Å². The average molecular weight is 543 g/mol. The van der Waals surface area contributed by atoms with E-state index >= 15 is 0 Å². The highest BCUT2D eigenvalue weighted by molar-refractivity contribution is 8.00. The first-order chi connectivity index (χ1) is 16.5. The summed E-state index contributed by atoms with van der Waals surface area (Å²) in [7, 11) is 0. The first-order valence-corrected chi connectivity index (χ1v) is 11.5. The number of pyridine rings is 1. The molecule has 182 valence electrons. The van der Waals surface area contributed by atoms with Crippen LogP contribution >= 0.6 is 35.0 Å². The highest BCUT2D eigenvalue weighted by Gasteiger charge is 2.30. The minimum Gasteiger partial charge on any atom is -0.454 e. The zero-order chi connectivity index (χ0) is 25.6. The summed E-state index contributed by atoms with van der Waals surface area (Å²) in [5, 5.41) is 2.86. The summed E-state index contributed by atoms with van der Waals surface area (Å²) in [4.78, 5) is 41.0. The number of anilines is 1. The van der Waals surface area contributed by atoms with Crippen molar-refractivity contribution < 1.29 is 32.3 Å². The first-order valence-electron chi connectivity index (χ1n) is 9.75. The van der Waals surface area contributed by atoms with Crippen molar-refractivity contribution in [3.63, 3.8) is 0 Å². The van der Waals surface area contributed by atoms with Crippen LogP contribution in [0.3, 0.4) is 0 Å². The maximum atomic E-state index is 12.6. The van der Waals surface area contributed by atoms with Crippen molar-refractivity contribution in [1.82, 2.24) is 4.98 Å². The second-order valence-corrected chi connectivity index (χ2v) is 8.72. The molecule has 1 heterocycles. The van der Waals surface area contributed by atoms with Crippen LogP contribution in [0.15, 0.2) is 65.7 Å². The molecule has 3 rings (SSSR count). The van der Waals surface area contributed by atoms with Gasteiger partial charge in [-0.05, 0) is 42.5 Å². The predicted octanol–water partition coefficient (Wildman–Crippen LogP) is 6.18. The molecule has 12 heteroatoms. The number of carbonyl (C=O) groups is 3. The molecule has 0 radical (unpaired) electrons. The van der Waals surface area contributed by atoms with Gasteiger partial charge in [0.1, 0.15) is 5.82 Å². The Bertz CT molecular complexity index is 1250. The molecule has 0 saturated heterocycles. The van der Waals surface area contributed by atoms with Crippen LogP contribution in [0.25, 0.3) is 0 Å². The van der Waals surface area contributed by atoms with E-state index in [-0.39, 0.29) is 32.7 Å². The summed E-state index contributed by atoms with van der Waals surface area (Å²) in [5.41, 5.74) is -0.571. The molecule has 0 fully saturated rings. The Hall–Kier alpha value is -3.08. The van der Waals surface area contributed by atoms with Crippen LogP contribution in [0.4, 0.5) is 19.0 Å². The Morgan fingerprint density at radius 3 is 2.40 bits per heavy atom. The third kappa shape index (κ3) is 7.45. The van der Waals surface area contributed by atoms with Gasteiger partial charge in [0.15, 0.2) is 12.4 Å². The van der Waals surface area contributed by atoms with Gasteiger partial charge in [0.25, 0.3) is 0 Å². The Morgan fingerprint density at radius 1 is 1.00 bits per heavy atom. The minimum absolute atomic E-state index is 0.0443. The van der Waals surface area contributed by atoms with E-state index in [9.17, 15) is 27.6 Å². The number of aromatic nitrogens is 1. The van der Waals surface area contributed by atoms with E-state index in [1.807, 2.05) is 0 Å². The number of halogens is 5. The summed E-state index contributed by atoms with van der Waals surface area (Å²) < 4.78 is 43.0. The third-order valence-corrected chi connectivity index (χ3v) is 6.21. The molecule has 0 bridgehead atoms. The number of amides is 1. The molecule has 3 aromatic rings. The number of hydrogen-bond acceptors (Lipinski definition) is 6. The van der Waals surface area contributed by atoms with Crippen LogP contribution < -0.4 is 5.32 Å². The number of benzene rings is 2. The molecular weight excluding hydrogens is 528 g/mol.